The van der Waals surface area contributed by atoms with Crippen LogP contribution < -0.4 is 32.3 Å². The minimum absolute atomic E-state index is 0.00336. The third-order valence-corrected chi connectivity index (χ3v) is 20.8. The van der Waals surface area contributed by atoms with Crippen LogP contribution in [0.4, 0.5) is 0 Å². The number of likely N-dealkylation sites (N-methyl/N-ethyl adjacent to an activating group) is 2. The van der Waals surface area contributed by atoms with E-state index in [0.29, 0.717) is 48.1 Å². The number of carbonyl (C=O) groups is 8. The predicted molar refractivity (Wildman–Crippen MR) is 454 cm³/mol. The molecule has 0 heterocycles. The van der Waals surface area contributed by atoms with Crippen molar-refractivity contribution in [3.8, 4) is 0 Å². The first-order chi connectivity index (χ1) is 50.9. The SMILES string of the molecule is C[N+](C)(C)C(CCS)C(=O)NCCCCCCCCCCCC(=O)O.C[NH+](C)C(CCS)C(=O)NCCCCCCCCCCCC(=O)O.[NH3+]C(CCS)C(=O)CCCCCCCCCCCCCCCCCCCC(=O)O.[NH3+]C(CCS)C(=O)NCCCCCCCCCCCCCCCCCC(=O)O. The molecule has 3 amide bonds. The molecule has 0 aromatic carbocycles. The monoisotopic (exact) mass is 1580 g/mol. The maximum absolute atomic E-state index is 12.3. The van der Waals surface area contributed by atoms with Crippen molar-refractivity contribution in [2.45, 2.75) is 403 Å². The van der Waals surface area contributed by atoms with Crippen LogP contribution in [0.5, 0.6) is 0 Å². The highest BCUT2D eigenvalue weighted by Gasteiger charge is 2.30. The fourth-order valence-electron chi connectivity index (χ4n) is 12.8. The number of nitrogens with zero attached hydrogens (tertiary/aromatic N) is 1. The average Bonchev–Trinajstić information content (AvgIpc) is 0.867. The molecule has 0 rings (SSSR count). The number of hydrogen-bond donors (Lipinski definition) is 14. The summed E-state index contributed by atoms with van der Waals surface area (Å²) in [7, 11) is 10.2. The van der Waals surface area contributed by atoms with Gasteiger partial charge in [-0.15, -0.1) is 0 Å². The van der Waals surface area contributed by atoms with Crippen LogP contribution in [0.1, 0.15) is 379 Å². The number of carboxylic acid groups (broad SMARTS) is 4. The van der Waals surface area contributed by atoms with E-state index >= 15 is 0 Å². The quantitative estimate of drug-likeness (QED) is 0.0154. The van der Waals surface area contributed by atoms with Crippen molar-refractivity contribution in [2.75, 3.05) is 77.9 Å². The lowest BCUT2D eigenvalue weighted by Crippen LogP contribution is -3.11. The standard InChI is InChI=1S/C24H47NO3S.C22H44N2O3S.C19H38N2O3S.C18H36N2O3S/c25-22(20-21-29)23(26)18-16-14-12-10-8-6-4-2-1-3-5-7-9-11-13-15-17-19-24(27)28;23-20(17-19-28)22(27)24-18-15-13-11-9-7-5-3-1-2-4-6-8-10-12-14-16-21(25)26;1-21(2,3)17(14-16-25)19(24)20-15-12-10-8-6-4-5-7-9-11-13-18(22)23;1-20(2)16(13-15-24)18(23)19-14-11-9-7-5-3-4-6-8-10-12-17(21)22/h22,29H,1-21,25H2,(H,27,28);20,28H,1-19,23H2,(H,24,27)(H,25,26);17H,4-16H2,1-3H3,(H2-,20,22,23,24,25);16,24H,3-15H2,1-2H3,(H,19,23)(H,21,22)/p+4. The molecule has 4 unspecified atom stereocenters. The predicted octanol–water partition coefficient (Wildman–Crippen LogP) is 15.7. The Hall–Kier alpha value is -2.80. The molecule has 0 saturated heterocycles. The first-order valence-corrected chi connectivity index (χ1v) is 45.4. The molecule has 0 aromatic rings. The van der Waals surface area contributed by atoms with Gasteiger partial charge in [0.1, 0.15) is 6.04 Å². The summed E-state index contributed by atoms with van der Waals surface area (Å²) >= 11 is 16.8. The number of ketones is 1. The van der Waals surface area contributed by atoms with E-state index in [-0.39, 0.29) is 41.9 Å². The second-order valence-corrected chi connectivity index (χ2v) is 32.8. The van der Waals surface area contributed by atoms with Crippen LogP contribution in [0.25, 0.3) is 0 Å². The number of aliphatic carboxylic acids is 4. The lowest BCUT2D eigenvalue weighted by Gasteiger charge is -2.32. The molecular weight excluding hydrogens is 1420 g/mol. The summed E-state index contributed by atoms with van der Waals surface area (Å²) in [6.07, 6.45) is 65.0. The van der Waals surface area contributed by atoms with Crippen LogP contribution in [0.15, 0.2) is 0 Å². The van der Waals surface area contributed by atoms with Crippen molar-refractivity contribution in [3.05, 3.63) is 0 Å². The van der Waals surface area contributed by atoms with Crippen LogP contribution >= 0.6 is 50.5 Å². The molecular formula is C83H169N7O12S4+4. The van der Waals surface area contributed by atoms with Crippen LogP contribution in [0.3, 0.4) is 0 Å². The van der Waals surface area contributed by atoms with Gasteiger partial charge in [-0.25, -0.2) is 0 Å². The van der Waals surface area contributed by atoms with Gasteiger partial charge in [0.25, 0.3) is 17.7 Å². The number of nitrogens with one attached hydrogen (secondary N) is 4. The minimum atomic E-state index is -0.689. The molecule has 628 valence electrons. The van der Waals surface area contributed by atoms with Gasteiger partial charge >= 0.3 is 23.9 Å². The molecule has 0 aromatic heterocycles. The van der Waals surface area contributed by atoms with Crippen LogP contribution in [0, 0.1) is 0 Å². The van der Waals surface area contributed by atoms with Crippen molar-refractivity contribution in [1.82, 2.24) is 16.0 Å². The van der Waals surface area contributed by atoms with Gasteiger partial charge in [-0.2, -0.15) is 50.5 Å². The normalized spacial score (nSPS) is 12.3. The maximum Gasteiger partial charge on any atom is 0.303 e. The second-order valence-electron chi connectivity index (χ2n) is 31.0. The number of carboxylic acids is 4. The van der Waals surface area contributed by atoms with E-state index in [4.69, 9.17) is 20.4 Å². The third kappa shape index (κ3) is 86.8. The Bertz CT molecular complexity index is 2030. The van der Waals surface area contributed by atoms with Gasteiger partial charge in [0.2, 0.25) is 0 Å². The third-order valence-electron chi connectivity index (χ3n) is 19.8. The zero-order chi connectivity index (χ0) is 79.8. The number of quaternary nitrogens is 4. The van der Waals surface area contributed by atoms with Gasteiger partial charge in [0.15, 0.2) is 23.9 Å². The number of hydrogen-bond acceptors (Lipinski definition) is 12. The number of unbranched alkanes of at least 4 members (excludes halogenated alkanes) is 46. The van der Waals surface area contributed by atoms with Crippen LogP contribution in [-0.2, 0) is 38.4 Å². The van der Waals surface area contributed by atoms with E-state index in [2.05, 4.69) is 99.1 Å². The topological polar surface area (TPSA) is 313 Å². The van der Waals surface area contributed by atoms with Gasteiger partial charge in [-0.05, 0) is 74.4 Å². The maximum atomic E-state index is 12.3. The Labute approximate surface area is 670 Å². The second kappa shape index (κ2) is 84.6. The molecule has 19 nitrogen and oxygen atoms in total. The van der Waals surface area contributed by atoms with Gasteiger partial charge in [0, 0.05) is 77.4 Å². The summed E-state index contributed by atoms with van der Waals surface area (Å²) in [6.45, 7) is 2.30. The molecule has 0 fully saturated rings. The highest BCUT2D eigenvalue weighted by Crippen LogP contribution is 2.19. The van der Waals surface area contributed by atoms with Gasteiger partial charge < -0.3 is 57.2 Å². The molecule has 0 aliphatic carbocycles. The Balaban J connectivity index is -0.000000656. The molecule has 106 heavy (non-hydrogen) atoms. The number of carbonyl (C=O) groups excluding carboxylic acids is 4. The zero-order valence-corrected chi connectivity index (χ0v) is 72.3. The summed E-state index contributed by atoms with van der Waals surface area (Å²) in [6, 6.07) is -0.244. The van der Waals surface area contributed by atoms with Gasteiger partial charge in [0.05, 0.1) is 35.2 Å². The summed E-state index contributed by atoms with van der Waals surface area (Å²) in [5.74, 6) is 0.864. The molecule has 23 heteroatoms. The minimum Gasteiger partial charge on any atom is -0.481 e. The van der Waals surface area contributed by atoms with E-state index in [1.807, 2.05) is 14.1 Å². The van der Waals surface area contributed by atoms with Crippen molar-refractivity contribution in [2.24, 2.45) is 0 Å². The first-order valence-electron chi connectivity index (χ1n) is 42.9. The molecule has 4 atom stereocenters. The summed E-state index contributed by atoms with van der Waals surface area (Å²) in [4.78, 5) is 90.6. The number of thiol groups is 4. The molecule has 14 N–H and O–H groups in total. The molecule has 0 saturated carbocycles. The number of rotatable bonds is 76. The Morgan fingerprint density at radius 3 is 0.726 bits per heavy atom. The van der Waals surface area contributed by atoms with Crippen LogP contribution in [-0.4, -0.2) is 174 Å². The van der Waals surface area contributed by atoms with Gasteiger partial charge in [-0.3, -0.25) is 38.4 Å². The molecule has 0 aliphatic heterocycles. The molecule has 0 aliphatic rings. The van der Waals surface area contributed by atoms with E-state index in [1.54, 1.807) is 0 Å². The lowest BCUT2D eigenvalue weighted by atomic mass is 10.0. The summed E-state index contributed by atoms with van der Waals surface area (Å²) in [5.41, 5.74) is 7.77. The largest absolute Gasteiger partial charge is 0.481 e. The Morgan fingerprint density at radius 2 is 0.500 bits per heavy atom. The van der Waals surface area contributed by atoms with E-state index in [0.717, 1.165) is 170 Å². The van der Waals surface area contributed by atoms with E-state index in [9.17, 15) is 38.4 Å². The zero-order valence-electron chi connectivity index (χ0n) is 68.7. The lowest BCUT2D eigenvalue weighted by molar-refractivity contribution is -0.886. The average molecular weight is 1590 g/mol. The van der Waals surface area contributed by atoms with E-state index < -0.39 is 23.9 Å². The summed E-state index contributed by atoms with van der Waals surface area (Å²) in [5, 5.41) is 43.3. The van der Waals surface area contributed by atoms with Crippen LogP contribution in [0.2, 0.25) is 0 Å². The van der Waals surface area contributed by atoms with Crippen molar-refractivity contribution >= 4 is 97.9 Å². The number of Topliss-reactive ketones (excluding diaryl/α,β-unsaturated/α-hetero) is 1. The van der Waals surface area contributed by atoms with Crippen molar-refractivity contribution in [3.63, 3.8) is 0 Å². The van der Waals surface area contributed by atoms with Crippen molar-refractivity contribution < 1.29 is 79.6 Å². The highest BCUT2D eigenvalue weighted by molar-refractivity contribution is 7.80. The molecule has 0 spiro atoms. The van der Waals surface area contributed by atoms with E-state index in [1.165, 1.54) is 218 Å². The fourth-order valence-corrected chi connectivity index (χ4v) is 14.0. The molecule has 0 bridgehead atoms. The summed E-state index contributed by atoms with van der Waals surface area (Å²) < 4.78 is 0.638. The number of amides is 3. The van der Waals surface area contributed by atoms with Gasteiger partial charge in [-0.1, -0.05) is 270 Å². The Kier molecular flexibility index (Phi) is 87.5. The fraction of sp³-hybridized carbons (Fsp3) is 0.904. The smallest absolute Gasteiger partial charge is 0.303 e. The first kappa shape index (κ1) is 110. The van der Waals surface area contributed by atoms with Crippen molar-refractivity contribution in [1.29, 1.82) is 0 Å². The Morgan fingerprint density at radius 1 is 0.292 bits per heavy atom. The highest BCUT2D eigenvalue weighted by atomic mass is 32.1. The molecule has 0 radical (unpaired) electrons.